The zero-order valence-corrected chi connectivity index (χ0v) is 19.1. The number of pyridine rings is 1. The molecule has 3 heterocycles. The monoisotopic (exact) mass is 462 g/mol. The third-order valence-electron chi connectivity index (χ3n) is 7.09. The van der Waals surface area contributed by atoms with Crippen molar-refractivity contribution in [2.75, 3.05) is 20.2 Å². The number of amides is 1. The van der Waals surface area contributed by atoms with Gasteiger partial charge in [0.05, 0.1) is 36.7 Å². The van der Waals surface area contributed by atoms with E-state index in [1.807, 2.05) is 23.1 Å². The quantitative estimate of drug-likeness (QED) is 0.555. The van der Waals surface area contributed by atoms with Crippen LogP contribution < -0.4 is 9.47 Å². The summed E-state index contributed by atoms with van der Waals surface area (Å²) in [4.78, 5) is 33.5. The van der Waals surface area contributed by atoms with Crippen molar-refractivity contribution in [1.29, 1.82) is 0 Å². The van der Waals surface area contributed by atoms with Crippen LogP contribution in [0.25, 0.3) is 10.9 Å². The predicted octanol–water partition coefficient (Wildman–Crippen LogP) is 4.64. The van der Waals surface area contributed by atoms with Gasteiger partial charge in [-0.1, -0.05) is 11.6 Å². The van der Waals surface area contributed by atoms with Crippen molar-refractivity contribution in [3.63, 3.8) is 0 Å². The standard InChI is InChI=1S/C26H23ClN2O4/c1-32-16-6-8-23-19(12-16)22(30)13-26(33-23)9-10-29(14-26)25(31)24-17-3-2-4-20(17)28-21-7-5-15(27)11-18(21)24/h5-8,11-12H,2-4,9-10,13-14H2,1H3. The summed E-state index contributed by atoms with van der Waals surface area (Å²) in [6, 6.07) is 10.8. The van der Waals surface area contributed by atoms with Gasteiger partial charge in [0.25, 0.3) is 5.91 Å². The topological polar surface area (TPSA) is 68.7 Å². The lowest BCUT2D eigenvalue weighted by molar-refractivity contribution is 0.0428. The molecular formula is C26H23ClN2O4. The number of fused-ring (bicyclic) bond motifs is 3. The van der Waals surface area contributed by atoms with Gasteiger partial charge in [0.2, 0.25) is 0 Å². The van der Waals surface area contributed by atoms with Gasteiger partial charge in [-0.05, 0) is 61.2 Å². The number of rotatable bonds is 2. The van der Waals surface area contributed by atoms with Crippen molar-refractivity contribution < 1.29 is 19.1 Å². The van der Waals surface area contributed by atoms with E-state index in [0.717, 1.165) is 41.4 Å². The number of hydrogen-bond donors (Lipinski definition) is 0. The summed E-state index contributed by atoms with van der Waals surface area (Å²) >= 11 is 6.29. The van der Waals surface area contributed by atoms with Gasteiger partial charge in [0, 0.05) is 29.1 Å². The predicted molar refractivity (Wildman–Crippen MR) is 125 cm³/mol. The first kappa shape index (κ1) is 20.5. The number of aryl methyl sites for hydroxylation is 1. The highest BCUT2D eigenvalue weighted by molar-refractivity contribution is 6.31. The number of hydrogen-bond acceptors (Lipinski definition) is 5. The number of ketones is 1. The molecule has 168 valence electrons. The largest absolute Gasteiger partial charge is 0.497 e. The molecule has 3 aromatic rings. The van der Waals surface area contributed by atoms with Crippen molar-refractivity contribution in [1.82, 2.24) is 9.88 Å². The van der Waals surface area contributed by atoms with Gasteiger partial charge in [-0.3, -0.25) is 14.6 Å². The third kappa shape index (κ3) is 3.27. The molecule has 1 saturated heterocycles. The van der Waals surface area contributed by atoms with E-state index in [4.69, 9.17) is 26.1 Å². The Balaban J connectivity index is 1.35. The molecule has 0 radical (unpaired) electrons. The van der Waals surface area contributed by atoms with Crippen molar-refractivity contribution in [2.24, 2.45) is 0 Å². The molecule has 6 rings (SSSR count). The lowest BCUT2D eigenvalue weighted by Crippen LogP contribution is -2.45. The molecule has 0 bridgehead atoms. The molecule has 33 heavy (non-hydrogen) atoms. The van der Waals surface area contributed by atoms with E-state index in [1.165, 1.54) is 0 Å². The number of ether oxygens (including phenoxy) is 2. The Labute approximate surface area is 196 Å². The van der Waals surface area contributed by atoms with E-state index in [2.05, 4.69) is 0 Å². The molecule has 2 aromatic carbocycles. The first-order valence-electron chi connectivity index (χ1n) is 11.3. The van der Waals surface area contributed by atoms with E-state index in [9.17, 15) is 9.59 Å². The summed E-state index contributed by atoms with van der Waals surface area (Å²) < 4.78 is 11.6. The van der Waals surface area contributed by atoms with Gasteiger partial charge in [-0.15, -0.1) is 0 Å². The second kappa shape index (κ2) is 7.45. The number of methoxy groups -OCH3 is 1. The minimum absolute atomic E-state index is 0.0199. The molecule has 1 atom stereocenters. The Hall–Kier alpha value is -3.12. The summed E-state index contributed by atoms with van der Waals surface area (Å²) in [5.41, 5.74) is 3.39. The van der Waals surface area contributed by atoms with Gasteiger partial charge in [-0.2, -0.15) is 0 Å². The van der Waals surface area contributed by atoms with Crippen molar-refractivity contribution in [2.45, 2.75) is 37.7 Å². The maximum Gasteiger partial charge on any atom is 0.255 e. The van der Waals surface area contributed by atoms with E-state index in [1.54, 1.807) is 25.3 Å². The summed E-state index contributed by atoms with van der Waals surface area (Å²) in [5, 5.41) is 1.38. The van der Waals surface area contributed by atoms with Crippen LogP contribution in [0.4, 0.5) is 0 Å². The molecule has 1 spiro atoms. The molecule has 1 unspecified atom stereocenters. The minimum Gasteiger partial charge on any atom is -0.497 e. The van der Waals surface area contributed by atoms with Gasteiger partial charge < -0.3 is 14.4 Å². The molecule has 1 amide bonds. The van der Waals surface area contributed by atoms with Crippen molar-refractivity contribution in [3.8, 4) is 11.5 Å². The van der Waals surface area contributed by atoms with Crippen LogP contribution >= 0.6 is 11.6 Å². The zero-order valence-electron chi connectivity index (χ0n) is 18.3. The van der Waals surface area contributed by atoms with Crippen LogP contribution in [-0.4, -0.2) is 47.4 Å². The van der Waals surface area contributed by atoms with Crippen molar-refractivity contribution in [3.05, 3.63) is 63.8 Å². The van der Waals surface area contributed by atoms with E-state index < -0.39 is 5.60 Å². The summed E-state index contributed by atoms with van der Waals surface area (Å²) in [6.07, 6.45) is 3.58. The second-order valence-electron chi connectivity index (χ2n) is 9.15. The molecule has 6 nitrogen and oxygen atoms in total. The van der Waals surface area contributed by atoms with Crippen LogP contribution in [0.5, 0.6) is 11.5 Å². The van der Waals surface area contributed by atoms with Crippen LogP contribution in [-0.2, 0) is 12.8 Å². The fourth-order valence-corrected chi connectivity index (χ4v) is 5.65. The highest BCUT2D eigenvalue weighted by atomic mass is 35.5. The Morgan fingerprint density at radius 2 is 2.09 bits per heavy atom. The molecule has 3 aliphatic rings. The number of benzene rings is 2. The number of halogens is 1. The molecule has 0 N–H and O–H groups in total. The van der Waals surface area contributed by atoms with Crippen LogP contribution in [0.15, 0.2) is 36.4 Å². The van der Waals surface area contributed by atoms with Gasteiger partial charge in [0.15, 0.2) is 5.78 Å². The number of carbonyl (C=O) groups excluding carboxylic acids is 2. The molecule has 0 saturated carbocycles. The van der Waals surface area contributed by atoms with E-state index in [0.29, 0.717) is 47.2 Å². The van der Waals surface area contributed by atoms with Crippen LogP contribution in [0.3, 0.4) is 0 Å². The number of aromatic nitrogens is 1. The fourth-order valence-electron chi connectivity index (χ4n) is 5.48. The average Bonchev–Trinajstić information content (AvgIpc) is 3.44. The molecule has 1 fully saturated rings. The minimum atomic E-state index is -0.696. The summed E-state index contributed by atoms with van der Waals surface area (Å²) in [5.74, 6) is 1.17. The highest BCUT2D eigenvalue weighted by Gasteiger charge is 2.47. The summed E-state index contributed by atoms with van der Waals surface area (Å²) in [6.45, 7) is 0.916. The number of nitrogens with zero attached hydrogens (tertiary/aromatic N) is 2. The number of carbonyl (C=O) groups is 2. The lowest BCUT2D eigenvalue weighted by Gasteiger charge is -2.34. The van der Waals surface area contributed by atoms with Gasteiger partial charge >= 0.3 is 0 Å². The average molecular weight is 463 g/mol. The fraction of sp³-hybridized carbons (Fsp3) is 0.346. The highest BCUT2D eigenvalue weighted by Crippen LogP contribution is 2.41. The molecule has 2 aliphatic heterocycles. The smallest absolute Gasteiger partial charge is 0.255 e. The molecular weight excluding hydrogens is 440 g/mol. The number of Topliss-reactive ketones (excluding diaryl/α,β-unsaturated/α-hetero) is 1. The second-order valence-corrected chi connectivity index (χ2v) is 9.59. The van der Waals surface area contributed by atoms with Crippen LogP contribution in [0, 0.1) is 0 Å². The van der Waals surface area contributed by atoms with E-state index in [-0.39, 0.29) is 18.1 Å². The van der Waals surface area contributed by atoms with Gasteiger partial charge in [-0.25, -0.2) is 0 Å². The summed E-state index contributed by atoms with van der Waals surface area (Å²) in [7, 11) is 1.57. The molecule has 1 aromatic heterocycles. The molecule has 1 aliphatic carbocycles. The lowest BCUT2D eigenvalue weighted by atomic mass is 9.89. The van der Waals surface area contributed by atoms with E-state index >= 15 is 0 Å². The number of likely N-dealkylation sites (tertiary alicyclic amines) is 1. The maximum atomic E-state index is 13.9. The Kier molecular flexibility index (Phi) is 4.63. The normalized spacial score (nSPS) is 21.3. The van der Waals surface area contributed by atoms with Crippen molar-refractivity contribution >= 4 is 34.2 Å². The first-order chi connectivity index (χ1) is 16.0. The zero-order chi connectivity index (χ0) is 22.7. The maximum absolute atomic E-state index is 13.9. The Morgan fingerprint density at radius 3 is 2.94 bits per heavy atom. The van der Waals surface area contributed by atoms with Gasteiger partial charge in [0.1, 0.15) is 17.1 Å². The first-order valence-corrected chi connectivity index (χ1v) is 11.6. The Bertz CT molecular complexity index is 1340. The van der Waals surface area contributed by atoms with Crippen LogP contribution in [0.2, 0.25) is 5.02 Å². The third-order valence-corrected chi connectivity index (χ3v) is 7.32. The van der Waals surface area contributed by atoms with Crippen LogP contribution in [0.1, 0.15) is 51.2 Å². The SMILES string of the molecule is COc1ccc2c(c1)C(=O)CC1(CCN(C(=O)c3c4c(nc5ccc(Cl)cc35)CCC4)C1)O2. The Morgan fingerprint density at radius 1 is 1.21 bits per heavy atom. The molecule has 7 heteroatoms.